The molecule has 0 aliphatic rings. The Morgan fingerprint density at radius 1 is 1.47 bits per heavy atom. The van der Waals surface area contributed by atoms with Gasteiger partial charge in [-0.1, -0.05) is 19.0 Å². The molecule has 17 heavy (non-hydrogen) atoms. The second-order valence-corrected chi connectivity index (χ2v) is 4.19. The second kappa shape index (κ2) is 6.39. The summed E-state index contributed by atoms with van der Waals surface area (Å²) in [6, 6.07) is 0.0665. The lowest BCUT2D eigenvalue weighted by Crippen LogP contribution is -2.30. The number of carbonyl (C=O) groups excluding carboxylic acids is 1. The maximum absolute atomic E-state index is 10.8. The standard InChI is InChI=1S/C12H21N3O2/c1-4-10-9(11(5-2)17-15-10)7-14-8(3)6-12(13)16/h8,14H,4-7H2,1-3H3,(H2,13,16)/t8-/m1/s1. The molecule has 1 atom stereocenters. The van der Waals surface area contributed by atoms with Crippen molar-refractivity contribution in [1.29, 1.82) is 0 Å². The molecule has 1 aromatic heterocycles. The van der Waals surface area contributed by atoms with Crippen molar-refractivity contribution in [2.24, 2.45) is 5.73 Å². The first kappa shape index (κ1) is 13.7. The summed E-state index contributed by atoms with van der Waals surface area (Å²) in [6.07, 6.45) is 2.02. The van der Waals surface area contributed by atoms with E-state index in [0.29, 0.717) is 13.0 Å². The second-order valence-electron chi connectivity index (χ2n) is 4.19. The maximum Gasteiger partial charge on any atom is 0.218 e. The van der Waals surface area contributed by atoms with Gasteiger partial charge in [-0.05, 0) is 13.3 Å². The third-order valence-corrected chi connectivity index (χ3v) is 2.74. The number of aryl methyl sites for hydroxylation is 2. The SMILES string of the molecule is CCc1noc(CC)c1CN[C@H](C)CC(N)=O. The Morgan fingerprint density at radius 2 is 2.18 bits per heavy atom. The Bertz CT molecular complexity index is 352. The van der Waals surface area contributed by atoms with Gasteiger partial charge in [-0.3, -0.25) is 4.79 Å². The largest absolute Gasteiger partial charge is 0.370 e. The highest BCUT2D eigenvalue weighted by molar-refractivity contribution is 5.74. The summed E-state index contributed by atoms with van der Waals surface area (Å²) in [5.74, 6) is 0.627. The predicted molar refractivity (Wildman–Crippen MR) is 65.4 cm³/mol. The molecule has 0 radical (unpaired) electrons. The Kier molecular flexibility index (Phi) is 5.15. The zero-order valence-electron chi connectivity index (χ0n) is 10.7. The monoisotopic (exact) mass is 239 g/mol. The minimum atomic E-state index is -0.290. The van der Waals surface area contributed by atoms with Crippen LogP contribution < -0.4 is 11.1 Å². The molecule has 0 aromatic carbocycles. The van der Waals surface area contributed by atoms with Crippen LogP contribution in [0.2, 0.25) is 0 Å². The highest BCUT2D eigenvalue weighted by Crippen LogP contribution is 2.15. The van der Waals surface area contributed by atoms with E-state index in [9.17, 15) is 4.79 Å². The number of nitrogens with two attached hydrogens (primary N) is 1. The molecule has 0 aliphatic carbocycles. The fourth-order valence-electron chi connectivity index (χ4n) is 1.79. The van der Waals surface area contributed by atoms with Gasteiger partial charge in [0.1, 0.15) is 5.76 Å². The maximum atomic E-state index is 10.8. The molecule has 0 fully saturated rings. The van der Waals surface area contributed by atoms with Crippen molar-refractivity contribution in [3.8, 4) is 0 Å². The molecule has 5 nitrogen and oxygen atoms in total. The molecular weight excluding hydrogens is 218 g/mol. The summed E-state index contributed by atoms with van der Waals surface area (Å²) in [5, 5.41) is 7.30. The summed E-state index contributed by atoms with van der Waals surface area (Å²) >= 11 is 0. The Balaban J connectivity index is 2.61. The Hall–Kier alpha value is -1.36. The van der Waals surface area contributed by atoms with Crippen LogP contribution in [0.5, 0.6) is 0 Å². The third kappa shape index (κ3) is 3.85. The van der Waals surface area contributed by atoms with Gasteiger partial charge in [0.25, 0.3) is 0 Å². The Labute approximate surface area is 102 Å². The summed E-state index contributed by atoms with van der Waals surface area (Å²) in [5.41, 5.74) is 7.25. The summed E-state index contributed by atoms with van der Waals surface area (Å²) in [4.78, 5) is 10.8. The van der Waals surface area contributed by atoms with E-state index in [1.807, 2.05) is 20.8 Å². The summed E-state index contributed by atoms with van der Waals surface area (Å²) in [6.45, 7) is 6.70. The van der Waals surface area contributed by atoms with E-state index < -0.39 is 0 Å². The van der Waals surface area contributed by atoms with E-state index in [-0.39, 0.29) is 11.9 Å². The van der Waals surface area contributed by atoms with Crippen molar-refractivity contribution in [3.63, 3.8) is 0 Å². The number of rotatable bonds is 7. The number of primary amides is 1. The van der Waals surface area contributed by atoms with Crippen LogP contribution in [0, 0.1) is 0 Å². The van der Waals surface area contributed by atoms with Crippen molar-refractivity contribution in [3.05, 3.63) is 17.0 Å². The van der Waals surface area contributed by atoms with Crippen LogP contribution in [-0.2, 0) is 24.2 Å². The summed E-state index contributed by atoms with van der Waals surface area (Å²) < 4.78 is 5.27. The number of hydrogen-bond acceptors (Lipinski definition) is 4. The van der Waals surface area contributed by atoms with Crippen molar-refractivity contribution in [1.82, 2.24) is 10.5 Å². The first-order valence-corrected chi connectivity index (χ1v) is 6.06. The van der Waals surface area contributed by atoms with E-state index in [2.05, 4.69) is 10.5 Å². The van der Waals surface area contributed by atoms with Crippen LogP contribution in [0.3, 0.4) is 0 Å². The highest BCUT2D eigenvalue weighted by atomic mass is 16.5. The molecule has 0 spiro atoms. The minimum Gasteiger partial charge on any atom is -0.370 e. The molecule has 3 N–H and O–H groups in total. The topological polar surface area (TPSA) is 81.2 Å². The predicted octanol–water partition coefficient (Wildman–Crippen LogP) is 1.15. The van der Waals surface area contributed by atoms with Gasteiger partial charge in [-0.2, -0.15) is 0 Å². The molecule has 0 saturated heterocycles. The van der Waals surface area contributed by atoms with E-state index in [1.165, 1.54) is 0 Å². The van der Waals surface area contributed by atoms with Crippen LogP contribution in [-0.4, -0.2) is 17.1 Å². The number of hydrogen-bond donors (Lipinski definition) is 2. The van der Waals surface area contributed by atoms with Crippen molar-refractivity contribution < 1.29 is 9.32 Å². The molecule has 1 rings (SSSR count). The minimum absolute atomic E-state index is 0.0665. The third-order valence-electron chi connectivity index (χ3n) is 2.74. The molecule has 0 bridgehead atoms. The van der Waals surface area contributed by atoms with Gasteiger partial charge in [0, 0.05) is 31.0 Å². The van der Waals surface area contributed by atoms with E-state index in [4.69, 9.17) is 10.3 Å². The molecule has 5 heteroatoms. The first-order chi connectivity index (χ1) is 8.08. The lowest BCUT2D eigenvalue weighted by molar-refractivity contribution is -0.118. The quantitative estimate of drug-likeness (QED) is 0.748. The zero-order chi connectivity index (χ0) is 12.8. The molecule has 0 saturated carbocycles. The number of nitrogens with one attached hydrogen (secondary N) is 1. The average molecular weight is 239 g/mol. The van der Waals surface area contributed by atoms with E-state index in [1.54, 1.807) is 0 Å². The van der Waals surface area contributed by atoms with Crippen molar-refractivity contribution in [2.75, 3.05) is 0 Å². The first-order valence-electron chi connectivity index (χ1n) is 6.06. The number of carbonyl (C=O) groups is 1. The van der Waals surface area contributed by atoms with Gasteiger partial charge in [0.2, 0.25) is 5.91 Å². The van der Waals surface area contributed by atoms with Gasteiger partial charge in [0.15, 0.2) is 0 Å². The zero-order valence-corrected chi connectivity index (χ0v) is 10.7. The van der Waals surface area contributed by atoms with Gasteiger partial charge in [-0.25, -0.2) is 0 Å². The highest BCUT2D eigenvalue weighted by Gasteiger charge is 2.14. The normalized spacial score (nSPS) is 12.6. The fraction of sp³-hybridized carbons (Fsp3) is 0.667. The van der Waals surface area contributed by atoms with Crippen LogP contribution in [0.4, 0.5) is 0 Å². The Morgan fingerprint density at radius 3 is 2.71 bits per heavy atom. The van der Waals surface area contributed by atoms with Gasteiger partial charge < -0.3 is 15.6 Å². The molecule has 0 aliphatic heterocycles. The van der Waals surface area contributed by atoms with Crippen LogP contribution in [0.1, 0.15) is 44.2 Å². The van der Waals surface area contributed by atoms with Crippen molar-refractivity contribution >= 4 is 5.91 Å². The van der Waals surface area contributed by atoms with Crippen LogP contribution >= 0.6 is 0 Å². The summed E-state index contributed by atoms with van der Waals surface area (Å²) in [7, 11) is 0. The van der Waals surface area contributed by atoms with Crippen molar-refractivity contribution in [2.45, 2.75) is 52.6 Å². The average Bonchev–Trinajstić information content (AvgIpc) is 2.67. The molecule has 1 amide bonds. The lowest BCUT2D eigenvalue weighted by atomic mass is 10.1. The van der Waals surface area contributed by atoms with Gasteiger partial charge >= 0.3 is 0 Å². The van der Waals surface area contributed by atoms with Crippen LogP contribution in [0.25, 0.3) is 0 Å². The van der Waals surface area contributed by atoms with E-state index >= 15 is 0 Å². The number of aromatic nitrogens is 1. The lowest BCUT2D eigenvalue weighted by Gasteiger charge is -2.11. The number of amides is 1. The van der Waals surface area contributed by atoms with Crippen LogP contribution in [0.15, 0.2) is 4.52 Å². The molecule has 1 aromatic rings. The van der Waals surface area contributed by atoms with E-state index in [0.717, 1.165) is 29.9 Å². The number of nitrogens with zero attached hydrogens (tertiary/aromatic N) is 1. The van der Waals surface area contributed by atoms with Gasteiger partial charge in [0.05, 0.1) is 5.69 Å². The fourth-order valence-corrected chi connectivity index (χ4v) is 1.79. The smallest absolute Gasteiger partial charge is 0.218 e. The van der Waals surface area contributed by atoms with Gasteiger partial charge in [-0.15, -0.1) is 0 Å². The molecule has 96 valence electrons. The molecule has 0 unspecified atom stereocenters. The molecule has 1 heterocycles. The molecular formula is C12H21N3O2.